The third-order valence-electron chi connectivity index (χ3n) is 4.58. The van der Waals surface area contributed by atoms with Crippen molar-refractivity contribution in [2.75, 3.05) is 31.1 Å². The fourth-order valence-electron chi connectivity index (χ4n) is 3.41. The lowest BCUT2D eigenvalue weighted by Crippen LogP contribution is -2.39. The number of terminal acetylenes is 1. The van der Waals surface area contributed by atoms with E-state index in [4.69, 9.17) is 6.42 Å². The molecule has 1 N–H and O–H groups in total. The van der Waals surface area contributed by atoms with Crippen LogP contribution in [0.3, 0.4) is 0 Å². The highest BCUT2D eigenvalue weighted by Gasteiger charge is 2.32. The van der Waals surface area contributed by atoms with Crippen LogP contribution in [0.2, 0.25) is 0 Å². The molecular weight excluding hydrogens is 290 g/mol. The number of likely N-dealkylation sites (tertiary alicyclic amines) is 1. The molecule has 1 saturated heterocycles. The standard InChI is InChI=1S/C18H21N3O2/c1-2-10-19-18(23)21-13-14(15-6-3-4-7-16(15)21)9-12-20-11-5-8-17(20)22/h1,3-4,6-7,14H,5,8-13H2,(H,19,23)/t14-/m1/s1. The van der Waals surface area contributed by atoms with Crippen molar-refractivity contribution in [1.29, 1.82) is 0 Å². The highest BCUT2D eigenvalue weighted by Crippen LogP contribution is 2.38. The number of nitrogens with zero attached hydrogens (tertiary/aromatic N) is 2. The van der Waals surface area contributed by atoms with Crippen LogP contribution in [0.5, 0.6) is 0 Å². The van der Waals surface area contributed by atoms with Gasteiger partial charge in [0.1, 0.15) is 0 Å². The summed E-state index contributed by atoms with van der Waals surface area (Å²) in [6, 6.07) is 7.81. The van der Waals surface area contributed by atoms with E-state index in [-0.39, 0.29) is 24.4 Å². The molecular formula is C18H21N3O2. The maximum atomic E-state index is 12.3. The third-order valence-corrected chi connectivity index (χ3v) is 4.58. The SMILES string of the molecule is C#CCNC(=O)N1C[C@@H](CCN2CCCC2=O)c2ccccc21. The Morgan fingerprint density at radius 1 is 1.39 bits per heavy atom. The summed E-state index contributed by atoms with van der Waals surface area (Å²) in [7, 11) is 0. The summed E-state index contributed by atoms with van der Waals surface area (Å²) in [5.74, 6) is 2.93. The van der Waals surface area contributed by atoms with Gasteiger partial charge in [-0.3, -0.25) is 9.69 Å². The highest BCUT2D eigenvalue weighted by molar-refractivity contribution is 5.94. The minimum Gasteiger partial charge on any atom is -0.343 e. The van der Waals surface area contributed by atoms with Gasteiger partial charge < -0.3 is 10.2 Å². The van der Waals surface area contributed by atoms with Crippen molar-refractivity contribution in [2.24, 2.45) is 0 Å². The van der Waals surface area contributed by atoms with Crippen molar-refractivity contribution >= 4 is 17.6 Å². The summed E-state index contributed by atoms with van der Waals surface area (Å²) in [5.41, 5.74) is 2.12. The van der Waals surface area contributed by atoms with Gasteiger partial charge in [-0.2, -0.15) is 0 Å². The van der Waals surface area contributed by atoms with E-state index in [0.717, 1.165) is 31.6 Å². The van der Waals surface area contributed by atoms with Gasteiger partial charge >= 0.3 is 6.03 Å². The smallest absolute Gasteiger partial charge is 0.322 e. The van der Waals surface area contributed by atoms with E-state index in [0.29, 0.717) is 13.0 Å². The van der Waals surface area contributed by atoms with Crippen LogP contribution >= 0.6 is 0 Å². The molecule has 2 aliphatic rings. The van der Waals surface area contributed by atoms with E-state index in [1.165, 1.54) is 5.56 Å². The predicted molar refractivity (Wildman–Crippen MR) is 89.2 cm³/mol. The van der Waals surface area contributed by atoms with Crippen molar-refractivity contribution < 1.29 is 9.59 Å². The zero-order chi connectivity index (χ0) is 16.2. The molecule has 1 aromatic rings. The Labute approximate surface area is 136 Å². The van der Waals surface area contributed by atoms with E-state index in [1.54, 1.807) is 4.90 Å². The second-order valence-corrected chi connectivity index (χ2v) is 6.00. The molecule has 0 radical (unpaired) electrons. The second kappa shape index (κ2) is 6.74. The van der Waals surface area contributed by atoms with Gasteiger partial charge in [-0.1, -0.05) is 24.1 Å². The number of carbonyl (C=O) groups excluding carboxylic acids is 2. The Kier molecular flexibility index (Phi) is 4.52. The average molecular weight is 311 g/mol. The minimum absolute atomic E-state index is 0.157. The van der Waals surface area contributed by atoms with Crippen LogP contribution in [-0.2, 0) is 4.79 Å². The Balaban J connectivity index is 1.69. The van der Waals surface area contributed by atoms with Crippen molar-refractivity contribution in [3.63, 3.8) is 0 Å². The molecule has 2 aliphatic heterocycles. The first-order valence-electron chi connectivity index (χ1n) is 8.06. The van der Waals surface area contributed by atoms with E-state index in [9.17, 15) is 9.59 Å². The molecule has 0 spiro atoms. The number of rotatable bonds is 4. The summed E-state index contributed by atoms with van der Waals surface area (Å²) in [6.45, 7) is 2.49. The molecule has 0 saturated carbocycles. The zero-order valence-corrected chi connectivity index (χ0v) is 13.1. The summed E-state index contributed by atoms with van der Waals surface area (Å²) < 4.78 is 0. The maximum Gasteiger partial charge on any atom is 0.322 e. The number of carbonyl (C=O) groups is 2. The van der Waals surface area contributed by atoms with Gasteiger partial charge in [0.2, 0.25) is 5.91 Å². The Bertz CT molecular complexity index is 650. The Hall–Kier alpha value is -2.48. The maximum absolute atomic E-state index is 12.3. The first-order valence-corrected chi connectivity index (χ1v) is 8.06. The fraction of sp³-hybridized carbons (Fsp3) is 0.444. The number of anilines is 1. The lowest BCUT2D eigenvalue weighted by atomic mass is 9.98. The zero-order valence-electron chi connectivity index (χ0n) is 13.1. The van der Waals surface area contributed by atoms with Crippen molar-refractivity contribution in [3.05, 3.63) is 29.8 Å². The van der Waals surface area contributed by atoms with Gasteiger partial charge in [-0.25, -0.2) is 4.79 Å². The number of amides is 3. The molecule has 0 unspecified atom stereocenters. The number of fused-ring (bicyclic) bond motifs is 1. The minimum atomic E-state index is -0.157. The molecule has 2 heterocycles. The number of benzene rings is 1. The molecule has 1 atom stereocenters. The summed E-state index contributed by atoms with van der Waals surface area (Å²) in [6.07, 6.45) is 7.71. The quantitative estimate of drug-likeness (QED) is 0.864. The van der Waals surface area contributed by atoms with Crippen LogP contribution in [0, 0.1) is 12.3 Å². The number of urea groups is 1. The summed E-state index contributed by atoms with van der Waals surface area (Å²) >= 11 is 0. The van der Waals surface area contributed by atoms with E-state index >= 15 is 0 Å². The van der Waals surface area contributed by atoms with Crippen LogP contribution < -0.4 is 10.2 Å². The van der Waals surface area contributed by atoms with Gasteiger partial charge in [-0.15, -0.1) is 6.42 Å². The first-order chi connectivity index (χ1) is 11.2. The molecule has 1 aromatic carbocycles. The fourth-order valence-corrected chi connectivity index (χ4v) is 3.41. The van der Waals surface area contributed by atoms with Gasteiger partial charge in [0, 0.05) is 37.7 Å². The molecule has 23 heavy (non-hydrogen) atoms. The number of para-hydroxylation sites is 1. The molecule has 5 heteroatoms. The number of hydrogen-bond acceptors (Lipinski definition) is 2. The van der Waals surface area contributed by atoms with Gasteiger partial charge in [0.05, 0.1) is 6.54 Å². The van der Waals surface area contributed by atoms with Crippen molar-refractivity contribution in [2.45, 2.75) is 25.2 Å². The molecule has 5 nitrogen and oxygen atoms in total. The van der Waals surface area contributed by atoms with Crippen LogP contribution in [0.15, 0.2) is 24.3 Å². The van der Waals surface area contributed by atoms with Crippen LogP contribution in [0.1, 0.15) is 30.7 Å². The lowest BCUT2D eigenvalue weighted by Gasteiger charge is -2.20. The molecule has 0 bridgehead atoms. The summed E-state index contributed by atoms with van der Waals surface area (Å²) in [5, 5.41) is 2.73. The van der Waals surface area contributed by atoms with Gasteiger partial charge in [0.25, 0.3) is 0 Å². The predicted octanol–water partition coefficient (Wildman–Crippen LogP) is 1.95. The van der Waals surface area contributed by atoms with Gasteiger partial charge in [0.15, 0.2) is 0 Å². The van der Waals surface area contributed by atoms with Crippen LogP contribution in [0.4, 0.5) is 10.5 Å². The van der Waals surface area contributed by atoms with Gasteiger partial charge in [-0.05, 0) is 24.5 Å². The largest absolute Gasteiger partial charge is 0.343 e. The molecule has 1 fully saturated rings. The molecule has 120 valence electrons. The van der Waals surface area contributed by atoms with Crippen molar-refractivity contribution in [1.82, 2.24) is 10.2 Å². The van der Waals surface area contributed by atoms with E-state index < -0.39 is 0 Å². The van der Waals surface area contributed by atoms with Crippen LogP contribution in [0.25, 0.3) is 0 Å². The average Bonchev–Trinajstić information content (AvgIpc) is 3.14. The van der Waals surface area contributed by atoms with Crippen LogP contribution in [-0.4, -0.2) is 43.0 Å². The summed E-state index contributed by atoms with van der Waals surface area (Å²) in [4.78, 5) is 27.7. The highest BCUT2D eigenvalue weighted by atomic mass is 16.2. The molecule has 0 aliphatic carbocycles. The topological polar surface area (TPSA) is 52.7 Å². The number of nitrogens with one attached hydrogen (secondary N) is 1. The monoisotopic (exact) mass is 311 g/mol. The third kappa shape index (κ3) is 3.16. The van der Waals surface area contributed by atoms with E-state index in [2.05, 4.69) is 17.3 Å². The Morgan fingerprint density at radius 2 is 2.22 bits per heavy atom. The molecule has 0 aromatic heterocycles. The normalized spacial score (nSPS) is 19.6. The Morgan fingerprint density at radius 3 is 2.96 bits per heavy atom. The molecule has 3 amide bonds. The number of hydrogen-bond donors (Lipinski definition) is 1. The second-order valence-electron chi connectivity index (χ2n) is 6.00. The van der Waals surface area contributed by atoms with E-state index in [1.807, 2.05) is 23.1 Å². The van der Waals surface area contributed by atoms with Crippen molar-refractivity contribution in [3.8, 4) is 12.3 Å². The molecule has 3 rings (SSSR count). The lowest BCUT2D eigenvalue weighted by molar-refractivity contribution is -0.127. The first kappa shape index (κ1) is 15.4.